The first-order valence-electron chi connectivity index (χ1n) is 7.56. The number of aryl methyl sites for hydroxylation is 1. The lowest BCUT2D eigenvalue weighted by Crippen LogP contribution is -2.12. The first-order chi connectivity index (χ1) is 12.5. The molecule has 3 aromatic rings. The van der Waals surface area contributed by atoms with E-state index in [1.807, 2.05) is 13.0 Å². The highest BCUT2D eigenvalue weighted by Gasteiger charge is 2.09. The summed E-state index contributed by atoms with van der Waals surface area (Å²) in [7, 11) is 1.20. The molecule has 1 amide bonds. The van der Waals surface area contributed by atoms with Crippen molar-refractivity contribution in [3.05, 3.63) is 48.2 Å². The van der Waals surface area contributed by atoms with E-state index in [1.54, 1.807) is 6.20 Å². The fourth-order valence-electron chi connectivity index (χ4n) is 2.11. The number of H-pyrrole nitrogens is 1. The number of carbonyl (C=O) groups excluding carboxylic acids is 1. The molecule has 10 heteroatoms. The van der Waals surface area contributed by atoms with Gasteiger partial charge in [0.1, 0.15) is 5.82 Å². The van der Waals surface area contributed by atoms with E-state index in [4.69, 9.17) is 0 Å². The largest absolute Gasteiger partial charge is 0.453 e. The Hall–Kier alpha value is -3.69. The molecule has 0 spiro atoms. The van der Waals surface area contributed by atoms with Gasteiger partial charge in [-0.3, -0.25) is 15.4 Å². The summed E-state index contributed by atoms with van der Waals surface area (Å²) < 4.78 is 18.2. The fraction of sp³-hybridized carbons (Fsp3) is 0.125. The van der Waals surface area contributed by atoms with Crippen molar-refractivity contribution < 1.29 is 13.9 Å². The first kappa shape index (κ1) is 17.1. The molecule has 0 saturated heterocycles. The quantitative estimate of drug-likeness (QED) is 0.553. The van der Waals surface area contributed by atoms with Gasteiger partial charge in [-0.25, -0.2) is 14.2 Å². The van der Waals surface area contributed by atoms with Crippen LogP contribution in [-0.4, -0.2) is 33.4 Å². The van der Waals surface area contributed by atoms with Crippen molar-refractivity contribution in [1.29, 1.82) is 0 Å². The van der Waals surface area contributed by atoms with Crippen molar-refractivity contribution in [2.75, 3.05) is 23.1 Å². The zero-order valence-corrected chi connectivity index (χ0v) is 14.0. The number of benzene rings is 1. The molecular formula is C16H16FN7O2. The molecule has 0 aliphatic rings. The van der Waals surface area contributed by atoms with Crippen LogP contribution in [-0.2, 0) is 4.74 Å². The van der Waals surface area contributed by atoms with Gasteiger partial charge in [-0.1, -0.05) is 0 Å². The van der Waals surface area contributed by atoms with E-state index in [9.17, 15) is 9.18 Å². The number of rotatable bonds is 5. The van der Waals surface area contributed by atoms with Crippen LogP contribution < -0.4 is 16.0 Å². The van der Waals surface area contributed by atoms with Crippen LogP contribution in [0.3, 0.4) is 0 Å². The number of nitrogens with one attached hydrogen (secondary N) is 4. The molecule has 0 unspecified atom stereocenters. The van der Waals surface area contributed by atoms with Crippen LogP contribution in [0, 0.1) is 12.7 Å². The summed E-state index contributed by atoms with van der Waals surface area (Å²) in [5.41, 5.74) is 1.41. The van der Waals surface area contributed by atoms with Crippen molar-refractivity contribution in [2.45, 2.75) is 6.92 Å². The van der Waals surface area contributed by atoms with E-state index in [-0.39, 0.29) is 5.69 Å². The Balaban J connectivity index is 1.75. The summed E-state index contributed by atoms with van der Waals surface area (Å²) in [5, 5.41) is 15.2. The molecule has 0 fully saturated rings. The molecule has 9 nitrogen and oxygen atoms in total. The third-order valence-electron chi connectivity index (χ3n) is 3.26. The normalized spacial score (nSPS) is 10.3. The number of aromatic nitrogens is 4. The van der Waals surface area contributed by atoms with E-state index >= 15 is 0 Å². The highest BCUT2D eigenvalue weighted by Crippen LogP contribution is 2.23. The number of methoxy groups -OCH3 is 1. The highest BCUT2D eigenvalue weighted by atomic mass is 19.1. The average molecular weight is 357 g/mol. The predicted octanol–water partition coefficient (Wildman–Crippen LogP) is 3.31. The van der Waals surface area contributed by atoms with E-state index in [1.165, 1.54) is 31.5 Å². The maximum absolute atomic E-state index is 13.8. The number of ether oxygens (including phenoxy) is 1. The van der Waals surface area contributed by atoms with Crippen molar-refractivity contribution in [1.82, 2.24) is 20.2 Å². The lowest BCUT2D eigenvalue weighted by atomic mass is 10.2. The minimum atomic E-state index is -0.763. The number of aromatic amines is 1. The molecule has 0 atom stereocenters. The first-order valence-corrected chi connectivity index (χ1v) is 7.56. The standard InChI is InChI=1S/C16H16FN7O2/c1-9-5-13(24-23-9)21-15-8-18-7-14(22-15)19-10-3-4-11(17)12(6-10)20-16(25)26-2/h3-8H,1-2H3,(H,20,25)(H3,19,21,22,23,24). The molecule has 1 aromatic carbocycles. The van der Waals surface area contributed by atoms with Gasteiger partial charge in [0.15, 0.2) is 17.5 Å². The Morgan fingerprint density at radius 1 is 1.15 bits per heavy atom. The summed E-state index contributed by atoms with van der Waals surface area (Å²) in [6.07, 6.45) is 2.29. The second kappa shape index (κ2) is 7.47. The Kier molecular flexibility index (Phi) is 4.92. The Morgan fingerprint density at radius 2 is 1.92 bits per heavy atom. The Morgan fingerprint density at radius 3 is 2.62 bits per heavy atom. The molecule has 2 aromatic heterocycles. The summed E-state index contributed by atoms with van der Waals surface area (Å²) in [5.74, 6) is 0.936. The van der Waals surface area contributed by atoms with Gasteiger partial charge in [0.05, 0.1) is 25.2 Å². The number of amides is 1. The van der Waals surface area contributed by atoms with Crippen molar-refractivity contribution in [2.24, 2.45) is 0 Å². The van der Waals surface area contributed by atoms with E-state index in [0.717, 1.165) is 5.69 Å². The zero-order valence-electron chi connectivity index (χ0n) is 14.0. The summed E-state index contributed by atoms with van der Waals surface area (Å²) in [6.45, 7) is 1.89. The van der Waals surface area contributed by atoms with Gasteiger partial charge in [0.2, 0.25) is 0 Å². The second-order valence-corrected chi connectivity index (χ2v) is 5.29. The molecule has 3 rings (SSSR count). The summed E-state index contributed by atoms with van der Waals surface area (Å²) >= 11 is 0. The van der Waals surface area contributed by atoms with Crippen LogP contribution in [0.15, 0.2) is 36.7 Å². The third-order valence-corrected chi connectivity index (χ3v) is 3.26. The molecule has 0 bridgehead atoms. The molecule has 0 saturated carbocycles. The number of hydrogen-bond donors (Lipinski definition) is 4. The van der Waals surface area contributed by atoms with Crippen molar-refractivity contribution >= 4 is 34.9 Å². The number of carbonyl (C=O) groups is 1. The zero-order chi connectivity index (χ0) is 18.5. The average Bonchev–Trinajstić information content (AvgIpc) is 3.03. The van der Waals surface area contributed by atoms with Gasteiger partial charge in [0, 0.05) is 17.4 Å². The maximum Gasteiger partial charge on any atom is 0.411 e. The monoisotopic (exact) mass is 357 g/mol. The van der Waals surface area contributed by atoms with Crippen LogP contribution in [0.5, 0.6) is 0 Å². The highest BCUT2D eigenvalue weighted by molar-refractivity contribution is 5.85. The lowest BCUT2D eigenvalue weighted by molar-refractivity contribution is 0.187. The Labute approximate surface area is 148 Å². The van der Waals surface area contributed by atoms with Crippen molar-refractivity contribution in [3.63, 3.8) is 0 Å². The number of nitrogens with zero attached hydrogens (tertiary/aromatic N) is 3. The van der Waals surface area contributed by atoms with E-state index in [0.29, 0.717) is 23.1 Å². The van der Waals surface area contributed by atoms with Crippen LogP contribution in [0.2, 0.25) is 0 Å². The fourth-order valence-corrected chi connectivity index (χ4v) is 2.11. The van der Waals surface area contributed by atoms with Gasteiger partial charge in [-0.2, -0.15) is 5.10 Å². The third kappa shape index (κ3) is 4.23. The second-order valence-electron chi connectivity index (χ2n) is 5.29. The van der Waals surface area contributed by atoms with Crippen molar-refractivity contribution in [3.8, 4) is 0 Å². The van der Waals surface area contributed by atoms with E-state index < -0.39 is 11.9 Å². The molecule has 26 heavy (non-hydrogen) atoms. The molecule has 0 aliphatic heterocycles. The van der Waals surface area contributed by atoms with Crippen LogP contribution in [0.25, 0.3) is 0 Å². The molecule has 134 valence electrons. The van der Waals surface area contributed by atoms with Gasteiger partial charge in [-0.15, -0.1) is 0 Å². The Bertz CT molecular complexity index is 928. The SMILES string of the molecule is COC(=O)Nc1cc(Nc2cncc(Nc3cc(C)[nH]n3)n2)ccc1F. The van der Waals surface area contributed by atoms with Crippen LogP contribution in [0.1, 0.15) is 5.69 Å². The van der Waals surface area contributed by atoms with E-state index in [2.05, 4.69) is 40.9 Å². The number of halogens is 1. The van der Waals surface area contributed by atoms with Gasteiger partial charge in [0.25, 0.3) is 0 Å². The van der Waals surface area contributed by atoms with Crippen LogP contribution in [0.4, 0.5) is 38.0 Å². The molecule has 0 radical (unpaired) electrons. The smallest absolute Gasteiger partial charge is 0.411 e. The maximum atomic E-state index is 13.8. The lowest BCUT2D eigenvalue weighted by Gasteiger charge is -2.10. The molecular weight excluding hydrogens is 341 g/mol. The molecule has 2 heterocycles. The van der Waals surface area contributed by atoms with Gasteiger partial charge >= 0.3 is 6.09 Å². The predicted molar refractivity (Wildman–Crippen MR) is 94.3 cm³/mol. The van der Waals surface area contributed by atoms with Gasteiger partial charge in [-0.05, 0) is 25.1 Å². The van der Waals surface area contributed by atoms with Gasteiger partial charge < -0.3 is 15.4 Å². The minimum absolute atomic E-state index is 0.0175. The minimum Gasteiger partial charge on any atom is -0.453 e. The number of anilines is 5. The summed E-state index contributed by atoms with van der Waals surface area (Å²) in [6, 6.07) is 5.98. The topological polar surface area (TPSA) is 117 Å². The molecule has 4 N–H and O–H groups in total. The van der Waals surface area contributed by atoms with Crippen LogP contribution >= 0.6 is 0 Å². The molecule has 0 aliphatic carbocycles. The number of hydrogen-bond acceptors (Lipinski definition) is 7. The summed E-state index contributed by atoms with van der Waals surface area (Å²) in [4.78, 5) is 19.7.